The third-order valence-corrected chi connectivity index (χ3v) is 5.28. The first-order valence-electron chi connectivity index (χ1n) is 7.37. The van der Waals surface area contributed by atoms with Gasteiger partial charge in [-0.05, 0) is 59.9 Å². The zero-order chi connectivity index (χ0) is 15.9. The van der Waals surface area contributed by atoms with Gasteiger partial charge in [0.15, 0.2) is 0 Å². The second-order valence-electron chi connectivity index (χ2n) is 6.58. The van der Waals surface area contributed by atoms with Crippen molar-refractivity contribution in [3.8, 4) is 0 Å². The largest absolute Gasteiger partial charge is 0.437 e. The van der Waals surface area contributed by atoms with Gasteiger partial charge in [0.05, 0.1) is 5.71 Å². The topological polar surface area (TPSA) is 50.7 Å². The van der Waals surface area contributed by atoms with Crippen molar-refractivity contribution < 1.29 is 9.63 Å². The van der Waals surface area contributed by atoms with Crippen LogP contribution in [0.3, 0.4) is 0 Å². The molecule has 3 saturated carbocycles. The van der Waals surface area contributed by atoms with Crippen LogP contribution in [-0.2, 0) is 4.84 Å². The van der Waals surface area contributed by atoms with E-state index >= 15 is 0 Å². The van der Waals surface area contributed by atoms with E-state index in [2.05, 4.69) is 30.9 Å². The molecule has 2 unspecified atom stereocenters. The molecule has 3 aliphatic carbocycles. The molecule has 5 heteroatoms. The van der Waals surface area contributed by atoms with Gasteiger partial charge in [0, 0.05) is 10.7 Å². The van der Waals surface area contributed by atoms with Crippen LogP contribution in [0.25, 0.3) is 0 Å². The number of benzene rings is 1. The number of anilines is 1. The Morgan fingerprint density at radius 1 is 1.41 bits per heavy atom. The zero-order valence-electron chi connectivity index (χ0n) is 12.7. The molecule has 116 valence electrons. The highest BCUT2D eigenvalue weighted by Gasteiger charge is 2.54. The van der Waals surface area contributed by atoms with Crippen molar-refractivity contribution in [3.63, 3.8) is 0 Å². The van der Waals surface area contributed by atoms with Crippen LogP contribution in [0.15, 0.2) is 41.6 Å². The quantitative estimate of drug-likeness (QED) is 0.625. The fraction of sp³-hybridized carbons (Fsp3) is 0.412. The van der Waals surface area contributed by atoms with E-state index in [4.69, 9.17) is 16.4 Å². The average molecular weight is 319 g/mol. The minimum atomic E-state index is -0.610. The zero-order valence-corrected chi connectivity index (χ0v) is 13.5. The van der Waals surface area contributed by atoms with Gasteiger partial charge in [-0.25, -0.2) is 4.79 Å². The number of nitrogens with zero attached hydrogens (tertiary/aromatic N) is 1. The van der Waals surface area contributed by atoms with E-state index in [9.17, 15) is 4.79 Å². The summed E-state index contributed by atoms with van der Waals surface area (Å²) in [4.78, 5) is 16.7. The lowest BCUT2D eigenvalue weighted by atomic mass is 9.47. The van der Waals surface area contributed by atoms with Crippen LogP contribution in [-0.4, -0.2) is 11.8 Å². The number of fused-ring (bicyclic) bond motifs is 2. The van der Waals surface area contributed by atoms with Crippen molar-refractivity contribution in [2.45, 2.75) is 26.7 Å². The van der Waals surface area contributed by atoms with Gasteiger partial charge in [-0.2, -0.15) is 0 Å². The normalized spacial score (nSPS) is 27.2. The van der Waals surface area contributed by atoms with Gasteiger partial charge < -0.3 is 0 Å². The van der Waals surface area contributed by atoms with Crippen LogP contribution in [0.2, 0.25) is 5.02 Å². The number of allylic oxidation sites excluding steroid dienone is 1. The van der Waals surface area contributed by atoms with Crippen molar-refractivity contribution in [2.75, 3.05) is 5.32 Å². The fourth-order valence-electron chi connectivity index (χ4n) is 3.39. The van der Waals surface area contributed by atoms with E-state index in [-0.39, 0.29) is 0 Å². The van der Waals surface area contributed by atoms with Crippen LogP contribution in [0.1, 0.15) is 26.7 Å². The van der Waals surface area contributed by atoms with Crippen molar-refractivity contribution in [2.24, 2.45) is 22.4 Å². The third kappa shape index (κ3) is 2.63. The van der Waals surface area contributed by atoms with Gasteiger partial charge in [0.2, 0.25) is 0 Å². The summed E-state index contributed by atoms with van der Waals surface area (Å²) in [6.45, 7) is 8.66. The number of rotatable bonds is 2. The summed E-state index contributed by atoms with van der Waals surface area (Å²) in [5.74, 6) is 1.05. The van der Waals surface area contributed by atoms with Gasteiger partial charge in [-0.1, -0.05) is 37.2 Å². The Morgan fingerprint density at radius 3 is 2.68 bits per heavy atom. The summed E-state index contributed by atoms with van der Waals surface area (Å²) < 4.78 is 0. The number of nitrogens with one attached hydrogen (secondary N) is 1. The minimum absolute atomic E-state index is 0.293. The molecule has 0 radical (unpaired) electrons. The maximum Gasteiger partial charge on any atom is 0.437 e. The molecule has 2 bridgehead atoms. The summed E-state index contributed by atoms with van der Waals surface area (Å²) >= 11 is 5.79. The molecule has 0 spiro atoms. The van der Waals surface area contributed by atoms with Gasteiger partial charge in [-0.3, -0.25) is 10.2 Å². The molecule has 4 nitrogen and oxygen atoms in total. The van der Waals surface area contributed by atoms with Crippen LogP contribution >= 0.6 is 11.6 Å². The molecule has 0 heterocycles. The second kappa shape index (κ2) is 5.43. The fourth-order valence-corrected chi connectivity index (χ4v) is 3.51. The summed E-state index contributed by atoms with van der Waals surface area (Å²) in [5.41, 5.74) is 2.72. The Balaban J connectivity index is 1.59. The standard InChI is InChI=1S/C17H19ClN2O2/c1-10-14-8-11(17(14,2)3)9-15(10)20-22-16(21)19-13-6-4-12(18)5-7-13/h4-7,11,14H,1,8-9H2,2-3H3,(H,19,21)/b20-15-. The Bertz CT molecular complexity index is 649. The minimum Gasteiger partial charge on any atom is -0.298 e. The third-order valence-electron chi connectivity index (χ3n) is 5.03. The molecule has 1 aromatic carbocycles. The Hall–Kier alpha value is -1.81. The molecular formula is C17H19ClN2O2. The lowest BCUT2D eigenvalue weighted by Crippen LogP contribution is -2.52. The van der Waals surface area contributed by atoms with Gasteiger partial charge in [-0.15, -0.1) is 0 Å². The Labute approximate surface area is 135 Å². The number of carbonyl (C=O) groups excluding carboxylic acids is 1. The van der Waals surface area contributed by atoms with Gasteiger partial charge >= 0.3 is 6.09 Å². The monoisotopic (exact) mass is 318 g/mol. The molecular weight excluding hydrogens is 300 g/mol. The van der Waals surface area contributed by atoms with E-state index in [1.807, 2.05) is 0 Å². The predicted molar refractivity (Wildman–Crippen MR) is 88.1 cm³/mol. The van der Waals surface area contributed by atoms with E-state index < -0.39 is 6.09 Å². The lowest BCUT2D eigenvalue weighted by molar-refractivity contribution is 0.000580. The molecule has 2 atom stereocenters. The number of amides is 1. The molecule has 1 amide bonds. The van der Waals surface area contributed by atoms with Crippen LogP contribution in [0, 0.1) is 17.3 Å². The maximum atomic E-state index is 11.8. The van der Waals surface area contributed by atoms with Gasteiger partial charge in [0.25, 0.3) is 0 Å². The predicted octanol–water partition coefficient (Wildman–Crippen LogP) is 4.87. The van der Waals surface area contributed by atoms with E-state index in [1.165, 1.54) is 6.42 Å². The number of hydrogen-bond donors (Lipinski definition) is 1. The highest BCUT2D eigenvalue weighted by molar-refractivity contribution is 6.30. The molecule has 4 rings (SSSR count). The van der Waals surface area contributed by atoms with Crippen molar-refractivity contribution in [1.82, 2.24) is 0 Å². The second-order valence-corrected chi connectivity index (χ2v) is 7.02. The lowest BCUT2D eigenvalue weighted by Gasteiger charge is -2.57. The Kier molecular flexibility index (Phi) is 3.73. The van der Waals surface area contributed by atoms with Crippen LogP contribution in [0.4, 0.5) is 10.5 Å². The first-order chi connectivity index (χ1) is 10.4. The van der Waals surface area contributed by atoms with Crippen molar-refractivity contribution >= 4 is 29.1 Å². The molecule has 0 aliphatic heterocycles. The SMILES string of the molecule is C=C1/C(=N\OC(=O)Nc2ccc(Cl)cc2)CC2CC1C2(C)C. The summed E-state index contributed by atoms with van der Waals surface area (Å²) in [6.07, 6.45) is 1.39. The highest BCUT2D eigenvalue weighted by Crippen LogP contribution is 2.59. The van der Waals surface area contributed by atoms with Crippen molar-refractivity contribution in [1.29, 1.82) is 0 Å². The molecule has 0 saturated heterocycles. The summed E-state index contributed by atoms with van der Waals surface area (Å²) in [5, 5.41) is 7.22. The van der Waals surface area contributed by atoms with E-state index in [0.29, 0.717) is 28.0 Å². The average Bonchev–Trinajstić information content (AvgIpc) is 2.48. The molecule has 3 aliphatic rings. The number of oxime groups is 1. The number of halogens is 1. The van der Waals surface area contributed by atoms with Gasteiger partial charge in [0.1, 0.15) is 0 Å². The summed E-state index contributed by atoms with van der Waals surface area (Å²) in [7, 11) is 0. The Morgan fingerprint density at radius 2 is 2.09 bits per heavy atom. The van der Waals surface area contributed by atoms with Crippen LogP contribution < -0.4 is 5.32 Å². The highest BCUT2D eigenvalue weighted by atomic mass is 35.5. The smallest absolute Gasteiger partial charge is 0.298 e. The van der Waals surface area contributed by atoms with E-state index in [1.54, 1.807) is 24.3 Å². The molecule has 3 fully saturated rings. The first-order valence-corrected chi connectivity index (χ1v) is 7.75. The molecule has 22 heavy (non-hydrogen) atoms. The van der Waals surface area contributed by atoms with E-state index in [0.717, 1.165) is 17.7 Å². The summed E-state index contributed by atoms with van der Waals surface area (Å²) in [6, 6.07) is 6.80. The first kappa shape index (κ1) is 15.1. The van der Waals surface area contributed by atoms with Crippen molar-refractivity contribution in [3.05, 3.63) is 41.4 Å². The molecule has 1 N–H and O–H groups in total. The maximum absolute atomic E-state index is 11.8. The van der Waals surface area contributed by atoms with Crippen LogP contribution in [0.5, 0.6) is 0 Å². The molecule has 1 aromatic rings. The number of hydrogen-bond acceptors (Lipinski definition) is 3. The molecule has 0 aromatic heterocycles. The number of carbonyl (C=O) groups is 1.